The maximum atomic E-state index is 13.5. The Morgan fingerprint density at radius 2 is 2.10 bits per heavy atom. The maximum absolute atomic E-state index is 13.5. The molecule has 1 fully saturated rings. The number of halogens is 3. The summed E-state index contributed by atoms with van der Waals surface area (Å²) in [5, 5.41) is 9.87. The van der Waals surface area contributed by atoms with Gasteiger partial charge in [0.05, 0.1) is 29.1 Å². The third-order valence-corrected chi connectivity index (χ3v) is 6.06. The molecule has 0 radical (unpaired) electrons. The highest BCUT2D eigenvalue weighted by molar-refractivity contribution is 7.16. The van der Waals surface area contributed by atoms with Gasteiger partial charge in [-0.15, -0.1) is 11.3 Å². The lowest BCUT2D eigenvalue weighted by Crippen LogP contribution is -2.45. The van der Waals surface area contributed by atoms with Gasteiger partial charge in [0.1, 0.15) is 4.83 Å². The van der Waals surface area contributed by atoms with Gasteiger partial charge in [-0.2, -0.15) is 18.4 Å². The number of hydrogen-bond acceptors (Lipinski definition) is 6. The normalized spacial score (nSPS) is 17.3. The molecule has 0 bridgehead atoms. The van der Waals surface area contributed by atoms with Gasteiger partial charge in [-0.25, -0.2) is 4.98 Å². The Morgan fingerprint density at radius 1 is 1.33 bits per heavy atom. The fraction of sp³-hybridized carbons (Fsp3) is 0.350. The molecule has 2 aromatic heterocycles. The maximum Gasteiger partial charge on any atom is 0.418 e. The number of hydrogen-bond donors (Lipinski definition) is 1. The van der Waals surface area contributed by atoms with Crippen LogP contribution in [0.25, 0.3) is 10.2 Å². The minimum absolute atomic E-state index is 0.0475. The Morgan fingerprint density at radius 3 is 2.80 bits per heavy atom. The molecular formula is C20H18F3N5OS. The highest BCUT2D eigenvalue weighted by Crippen LogP contribution is 2.37. The summed E-state index contributed by atoms with van der Waals surface area (Å²) in [5.74, 6) is 0.283. The third kappa shape index (κ3) is 3.66. The highest BCUT2D eigenvalue weighted by Gasteiger charge is 2.36. The van der Waals surface area contributed by atoms with E-state index >= 15 is 0 Å². The number of anilines is 1. The Balaban J connectivity index is 1.94. The minimum Gasteiger partial charge on any atom is -0.341 e. The molecule has 156 valence electrons. The van der Waals surface area contributed by atoms with Crippen LogP contribution in [0.15, 0.2) is 34.4 Å². The summed E-state index contributed by atoms with van der Waals surface area (Å²) in [6.07, 6.45) is -3.03. The zero-order valence-electron chi connectivity index (χ0n) is 15.8. The number of nitrogens with zero attached hydrogens (tertiary/aromatic N) is 4. The number of thiophene rings is 1. The molecule has 1 aliphatic heterocycles. The molecule has 0 amide bonds. The fourth-order valence-electron chi connectivity index (χ4n) is 3.74. The van der Waals surface area contributed by atoms with Gasteiger partial charge in [-0.3, -0.25) is 9.36 Å². The van der Waals surface area contributed by atoms with Gasteiger partial charge in [0.25, 0.3) is 5.56 Å². The summed E-state index contributed by atoms with van der Waals surface area (Å²) in [7, 11) is 0. The first kappa shape index (κ1) is 20.4. The molecule has 10 heteroatoms. The predicted molar refractivity (Wildman–Crippen MR) is 109 cm³/mol. The van der Waals surface area contributed by atoms with Crippen molar-refractivity contribution in [3.05, 3.63) is 56.7 Å². The second kappa shape index (κ2) is 7.74. The molecule has 0 unspecified atom stereocenters. The van der Waals surface area contributed by atoms with E-state index in [1.54, 1.807) is 24.3 Å². The summed E-state index contributed by atoms with van der Waals surface area (Å²) >= 11 is 0.802. The van der Waals surface area contributed by atoms with Crippen molar-refractivity contribution in [2.75, 3.05) is 18.0 Å². The average molecular weight is 433 g/mol. The van der Waals surface area contributed by atoms with E-state index in [0.29, 0.717) is 24.2 Å². The number of nitriles is 1. The van der Waals surface area contributed by atoms with Crippen LogP contribution < -0.4 is 16.2 Å². The van der Waals surface area contributed by atoms with Crippen LogP contribution in [0.4, 0.5) is 19.1 Å². The van der Waals surface area contributed by atoms with E-state index in [2.05, 4.69) is 11.1 Å². The van der Waals surface area contributed by atoms with Crippen LogP contribution >= 0.6 is 11.3 Å². The second-order valence-electron chi connectivity index (χ2n) is 7.25. The van der Waals surface area contributed by atoms with E-state index in [-0.39, 0.29) is 23.4 Å². The monoisotopic (exact) mass is 433 g/mol. The highest BCUT2D eigenvalue weighted by atomic mass is 32.1. The molecular weight excluding hydrogens is 415 g/mol. The van der Waals surface area contributed by atoms with E-state index in [4.69, 9.17) is 5.73 Å². The van der Waals surface area contributed by atoms with E-state index in [0.717, 1.165) is 29.6 Å². The molecule has 1 saturated heterocycles. The van der Waals surface area contributed by atoms with Crippen molar-refractivity contribution in [2.24, 2.45) is 5.73 Å². The molecule has 1 aromatic carbocycles. The zero-order valence-corrected chi connectivity index (χ0v) is 16.6. The smallest absolute Gasteiger partial charge is 0.341 e. The Labute approximate surface area is 174 Å². The third-order valence-electron chi connectivity index (χ3n) is 5.19. The fourth-order valence-corrected chi connectivity index (χ4v) is 4.67. The standard InChI is InChI=1S/C20H18F3N5OS/c21-20(22,23)15-11-30-17-16(15)18(29)28(9-13-5-2-1-4-12(13)8-24)19(26-17)27-7-3-6-14(25)10-27/h1-2,4-5,11,14H,3,6-7,9-10,25H2/t14-/m1/s1. The van der Waals surface area contributed by atoms with Crippen molar-refractivity contribution < 1.29 is 13.2 Å². The van der Waals surface area contributed by atoms with Crippen LogP contribution in [0.1, 0.15) is 29.5 Å². The number of rotatable bonds is 3. The van der Waals surface area contributed by atoms with Crippen molar-refractivity contribution in [3.63, 3.8) is 0 Å². The first-order chi connectivity index (χ1) is 14.3. The van der Waals surface area contributed by atoms with Crippen LogP contribution in [0.2, 0.25) is 0 Å². The van der Waals surface area contributed by atoms with Gasteiger partial charge in [-0.05, 0) is 24.5 Å². The van der Waals surface area contributed by atoms with Gasteiger partial charge in [-0.1, -0.05) is 18.2 Å². The van der Waals surface area contributed by atoms with Gasteiger partial charge in [0.2, 0.25) is 5.95 Å². The van der Waals surface area contributed by atoms with Gasteiger partial charge < -0.3 is 10.6 Å². The van der Waals surface area contributed by atoms with Crippen LogP contribution in [0, 0.1) is 11.3 Å². The molecule has 4 rings (SSSR count). The van der Waals surface area contributed by atoms with Crippen LogP contribution in [-0.4, -0.2) is 28.7 Å². The van der Waals surface area contributed by atoms with Crippen LogP contribution in [0.3, 0.4) is 0 Å². The first-order valence-corrected chi connectivity index (χ1v) is 10.3. The zero-order chi connectivity index (χ0) is 21.5. The molecule has 0 saturated carbocycles. The summed E-state index contributed by atoms with van der Waals surface area (Å²) in [4.78, 5) is 19.6. The second-order valence-corrected chi connectivity index (χ2v) is 8.11. The largest absolute Gasteiger partial charge is 0.418 e. The van der Waals surface area contributed by atoms with Crippen LogP contribution in [0.5, 0.6) is 0 Å². The summed E-state index contributed by atoms with van der Waals surface area (Å²) < 4.78 is 41.7. The molecule has 0 aliphatic carbocycles. The topological polar surface area (TPSA) is 87.9 Å². The minimum atomic E-state index is -4.66. The lowest BCUT2D eigenvalue weighted by Gasteiger charge is -2.33. The van der Waals surface area contributed by atoms with E-state index in [1.165, 1.54) is 4.57 Å². The molecule has 6 nitrogen and oxygen atoms in total. The molecule has 3 heterocycles. The number of piperidine rings is 1. The van der Waals surface area contributed by atoms with Crippen molar-refractivity contribution in [2.45, 2.75) is 31.6 Å². The molecule has 1 atom stereocenters. The van der Waals surface area contributed by atoms with Crippen molar-refractivity contribution >= 4 is 27.5 Å². The number of benzene rings is 1. The van der Waals surface area contributed by atoms with E-state index < -0.39 is 22.7 Å². The van der Waals surface area contributed by atoms with Gasteiger partial charge >= 0.3 is 6.18 Å². The molecule has 30 heavy (non-hydrogen) atoms. The number of alkyl halides is 3. The Kier molecular flexibility index (Phi) is 5.26. The quantitative estimate of drug-likeness (QED) is 0.685. The van der Waals surface area contributed by atoms with Gasteiger partial charge in [0, 0.05) is 24.5 Å². The van der Waals surface area contributed by atoms with Crippen LogP contribution in [-0.2, 0) is 12.7 Å². The van der Waals surface area contributed by atoms with Crippen molar-refractivity contribution in [1.82, 2.24) is 9.55 Å². The summed E-state index contributed by atoms with van der Waals surface area (Å²) in [6.45, 7) is 0.998. The lowest BCUT2D eigenvalue weighted by atomic mass is 10.1. The molecule has 2 N–H and O–H groups in total. The lowest BCUT2D eigenvalue weighted by molar-refractivity contribution is -0.136. The summed E-state index contributed by atoms with van der Waals surface area (Å²) in [6, 6.07) is 8.65. The number of fused-ring (bicyclic) bond motifs is 1. The van der Waals surface area contributed by atoms with Crippen molar-refractivity contribution in [1.29, 1.82) is 5.26 Å². The van der Waals surface area contributed by atoms with E-state index in [9.17, 15) is 23.2 Å². The summed E-state index contributed by atoms with van der Waals surface area (Å²) in [5.41, 5.74) is 5.22. The average Bonchev–Trinajstić information content (AvgIpc) is 3.15. The molecule has 0 spiro atoms. The molecule has 1 aliphatic rings. The van der Waals surface area contributed by atoms with E-state index in [1.807, 2.05) is 4.90 Å². The Bertz CT molecular complexity index is 1190. The van der Waals surface area contributed by atoms with Crippen molar-refractivity contribution in [3.8, 4) is 6.07 Å². The predicted octanol–water partition coefficient (Wildman–Crippen LogP) is 3.32. The molecule has 3 aromatic rings. The Hall–Kier alpha value is -2.90. The van der Waals surface area contributed by atoms with Gasteiger partial charge in [0.15, 0.2) is 0 Å². The number of aromatic nitrogens is 2. The first-order valence-electron chi connectivity index (χ1n) is 9.37. The number of nitrogens with two attached hydrogens (primary N) is 1. The SMILES string of the molecule is N#Cc1ccccc1Cn1c(N2CCC[C@@H](N)C2)nc2scc(C(F)(F)F)c2c1=O.